The Labute approximate surface area is 169 Å². The van der Waals surface area contributed by atoms with Gasteiger partial charge in [-0.2, -0.15) is 4.31 Å². The van der Waals surface area contributed by atoms with Crippen LogP contribution in [0.4, 0.5) is 5.69 Å². The Morgan fingerprint density at radius 1 is 1.10 bits per heavy atom. The summed E-state index contributed by atoms with van der Waals surface area (Å²) in [6, 6.07) is 11.0. The first-order chi connectivity index (χ1) is 13.8. The lowest BCUT2D eigenvalue weighted by Crippen LogP contribution is -2.36. The van der Waals surface area contributed by atoms with Crippen molar-refractivity contribution < 1.29 is 18.1 Å². The number of nitro benzene ring substituents is 1. The van der Waals surface area contributed by atoms with E-state index in [9.17, 15) is 23.3 Å². The second kappa shape index (κ2) is 8.71. The van der Waals surface area contributed by atoms with Crippen molar-refractivity contribution in [1.82, 2.24) is 9.62 Å². The molecule has 0 atom stereocenters. The Bertz CT molecular complexity index is 1030. The number of rotatable bonds is 6. The summed E-state index contributed by atoms with van der Waals surface area (Å²) in [6.07, 6.45) is 2.67. The molecule has 1 N–H and O–H groups in total. The third kappa shape index (κ3) is 4.46. The van der Waals surface area contributed by atoms with Crippen LogP contribution in [0.2, 0.25) is 0 Å². The van der Waals surface area contributed by atoms with Crippen molar-refractivity contribution in [2.75, 3.05) is 13.1 Å². The van der Waals surface area contributed by atoms with Crippen LogP contribution in [-0.4, -0.2) is 36.6 Å². The van der Waals surface area contributed by atoms with Gasteiger partial charge in [0, 0.05) is 25.2 Å². The molecule has 9 heteroatoms. The van der Waals surface area contributed by atoms with E-state index in [1.165, 1.54) is 16.4 Å². The molecule has 0 radical (unpaired) electrons. The molecule has 1 aliphatic heterocycles. The molecule has 1 saturated heterocycles. The van der Waals surface area contributed by atoms with Gasteiger partial charge in [0.25, 0.3) is 11.6 Å². The summed E-state index contributed by atoms with van der Waals surface area (Å²) in [5.74, 6) is -0.620. The smallest absolute Gasteiger partial charge is 0.285 e. The van der Waals surface area contributed by atoms with Gasteiger partial charge in [-0.3, -0.25) is 14.9 Å². The van der Waals surface area contributed by atoms with Crippen LogP contribution < -0.4 is 5.32 Å². The highest BCUT2D eigenvalue weighted by molar-refractivity contribution is 7.89. The molecule has 2 aromatic rings. The van der Waals surface area contributed by atoms with E-state index in [2.05, 4.69) is 5.32 Å². The quantitative estimate of drug-likeness (QED) is 0.574. The molecule has 0 bridgehead atoms. The first-order valence-corrected chi connectivity index (χ1v) is 10.9. The van der Waals surface area contributed by atoms with E-state index in [1.807, 2.05) is 0 Å². The lowest BCUT2D eigenvalue weighted by atomic mass is 10.1. The third-order valence-corrected chi connectivity index (χ3v) is 7.01. The third-order valence-electron chi connectivity index (χ3n) is 5.01. The molecule has 0 spiro atoms. The number of amides is 1. The molecule has 1 heterocycles. The van der Waals surface area contributed by atoms with Gasteiger partial charge in [-0.25, -0.2) is 8.42 Å². The number of nitrogens with one attached hydrogen (secondary N) is 1. The number of aryl methyl sites for hydroxylation is 1. The van der Waals surface area contributed by atoms with Crippen LogP contribution in [0, 0.1) is 17.0 Å². The minimum Gasteiger partial charge on any atom is -0.348 e. The van der Waals surface area contributed by atoms with Gasteiger partial charge in [0.2, 0.25) is 10.0 Å². The molecule has 1 fully saturated rings. The van der Waals surface area contributed by atoms with Gasteiger partial charge in [-0.1, -0.05) is 36.8 Å². The van der Waals surface area contributed by atoms with Crippen molar-refractivity contribution in [2.45, 2.75) is 37.6 Å². The van der Waals surface area contributed by atoms with E-state index in [0.29, 0.717) is 24.2 Å². The second-order valence-corrected chi connectivity index (χ2v) is 8.89. The molecule has 1 amide bonds. The Morgan fingerprint density at radius 3 is 2.48 bits per heavy atom. The maximum absolute atomic E-state index is 13.0. The second-order valence-electron chi connectivity index (χ2n) is 6.98. The van der Waals surface area contributed by atoms with Crippen LogP contribution in [-0.2, 0) is 16.6 Å². The number of nitrogens with zero attached hydrogens (tertiary/aromatic N) is 2. The Kier molecular flexibility index (Phi) is 6.29. The SMILES string of the molecule is Cc1cccc(C(=O)NCc2ccccc2S(=O)(=O)N2CCCCC2)c1[N+](=O)[O-]. The number of para-hydroxylation sites is 1. The maximum atomic E-state index is 13.0. The number of hydrogen-bond donors (Lipinski definition) is 1. The van der Waals surface area contributed by atoms with E-state index in [0.717, 1.165) is 19.3 Å². The summed E-state index contributed by atoms with van der Waals surface area (Å²) in [6.45, 7) is 2.49. The zero-order chi connectivity index (χ0) is 21.0. The largest absolute Gasteiger partial charge is 0.348 e. The van der Waals surface area contributed by atoms with Gasteiger partial charge in [-0.05, 0) is 37.5 Å². The molecule has 154 valence electrons. The van der Waals surface area contributed by atoms with Gasteiger partial charge in [0.15, 0.2) is 0 Å². The summed E-state index contributed by atoms with van der Waals surface area (Å²) in [7, 11) is -3.66. The highest BCUT2D eigenvalue weighted by atomic mass is 32.2. The average molecular weight is 417 g/mol. The van der Waals surface area contributed by atoms with E-state index in [-0.39, 0.29) is 22.7 Å². The Morgan fingerprint density at radius 2 is 1.79 bits per heavy atom. The number of benzene rings is 2. The van der Waals surface area contributed by atoms with Crippen LogP contribution >= 0.6 is 0 Å². The monoisotopic (exact) mass is 417 g/mol. The van der Waals surface area contributed by atoms with Gasteiger partial charge in [0.05, 0.1) is 9.82 Å². The molecule has 0 saturated carbocycles. The predicted molar refractivity (Wildman–Crippen MR) is 108 cm³/mol. The topological polar surface area (TPSA) is 110 Å². The summed E-state index contributed by atoms with van der Waals surface area (Å²) in [5.41, 5.74) is 0.531. The first kappa shape index (κ1) is 20.9. The fourth-order valence-corrected chi connectivity index (χ4v) is 5.24. The fraction of sp³-hybridized carbons (Fsp3) is 0.350. The molecule has 29 heavy (non-hydrogen) atoms. The molecule has 3 rings (SSSR count). The minimum atomic E-state index is -3.66. The molecular formula is C20H23N3O5S. The molecule has 2 aromatic carbocycles. The molecule has 1 aliphatic rings. The van der Waals surface area contributed by atoms with E-state index in [4.69, 9.17) is 0 Å². The number of nitro groups is 1. The van der Waals surface area contributed by atoms with E-state index >= 15 is 0 Å². The molecule has 0 aliphatic carbocycles. The van der Waals surface area contributed by atoms with Crippen molar-refractivity contribution >= 4 is 21.6 Å². The normalized spacial score (nSPS) is 15.1. The predicted octanol–water partition coefficient (Wildman–Crippen LogP) is 3.01. The van der Waals surface area contributed by atoms with Crippen molar-refractivity contribution in [1.29, 1.82) is 0 Å². The van der Waals surface area contributed by atoms with Crippen LogP contribution in [0.15, 0.2) is 47.4 Å². The van der Waals surface area contributed by atoms with Gasteiger partial charge in [0.1, 0.15) is 5.56 Å². The minimum absolute atomic E-state index is 0.0484. The zero-order valence-corrected chi connectivity index (χ0v) is 16.9. The molecule has 8 nitrogen and oxygen atoms in total. The number of carbonyl (C=O) groups is 1. The summed E-state index contributed by atoms with van der Waals surface area (Å²) < 4.78 is 27.5. The van der Waals surface area contributed by atoms with Crippen molar-refractivity contribution in [2.24, 2.45) is 0 Å². The van der Waals surface area contributed by atoms with Crippen molar-refractivity contribution in [3.05, 3.63) is 69.3 Å². The average Bonchev–Trinajstić information content (AvgIpc) is 2.72. The van der Waals surface area contributed by atoms with E-state index in [1.54, 1.807) is 37.3 Å². The van der Waals surface area contributed by atoms with Crippen molar-refractivity contribution in [3.63, 3.8) is 0 Å². The number of hydrogen-bond acceptors (Lipinski definition) is 5. The summed E-state index contributed by atoms with van der Waals surface area (Å²) in [5, 5.41) is 13.9. The highest BCUT2D eigenvalue weighted by Gasteiger charge is 2.28. The van der Waals surface area contributed by atoms with Crippen LogP contribution in [0.1, 0.15) is 40.7 Å². The van der Waals surface area contributed by atoms with Crippen LogP contribution in [0.5, 0.6) is 0 Å². The molecular weight excluding hydrogens is 394 g/mol. The Balaban J connectivity index is 1.83. The molecule has 0 aromatic heterocycles. The van der Waals surface area contributed by atoms with Gasteiger partial charge < -0.3 is 5.32 Å². The lowest BCUT2D eigenvalue weighted by Gasteiger charge is -2.26. The Hall–Kier alpha value is -2.78. The number of piperidine rings is 1. The number of carbonyl (C=O) groups excluding carboxylic acids is 1. The highest BCUT2D eigenvalue weighted by Crippen LogP contribution is 2.25. The standard InChI is InChI=1S/C20H23N3O5S/c1-15-8-7-10-17(19(15)23(25)26)20(24)21-14-16-9-3-4-11-18(16)29(27,28)22-12-5-2-6-13-22/h3-4,7-11H,2,5-6,12-14H2,1H3,(H,21,24). The number of sulfonamides is 1. The molecule has 0 unspecified atom stereocenters. The summed E-state index contributed by atoms with van der Waals surface area (Å²) >= 11 is 0. The van der Waals surface area contributed by atoms with Crippen molar-refractivity contribution in [3.8, 4) is 0 Å². The zero-order valence-electron chi connectivity index (χ0n) is 16.1. The van der Waals surface area contributed by atoms with Gasteiger partial charge >= 0.3 is 0 Å². The van der Waals surface area contributed by atoms with Gasteiger partial charge in [-0.15, -0.1) is 0 Å². The van der Waals surface area contributed by atoms with E-state index < -0.39 is 20.9 Å². The lowest BCUT2D eigenvalue weighted by molar-refractivity contribution is -0.385. The summed E-state index contributed by atoms with van der Waals surface area (Å²) in [4.78, 5) is 23.5. The maximum Gasteiger partial charge on any atom is 0.285 e. The first-order valence-electron chi connectivity index (χ1n) is 9.42. The van der Waals surface area contributed by atoms with Crippen LogP contribution in [0.3, 0.4) is 0 Å². The van der Waals surface area contributed by atoms with Crippen LogP contribution in [0.25, 0.3) is 0 Å². The fourth-order valence-electron chi connectivity index (χ4n) is 3.50.